The number of carbonyl (C=O) groups is 2. The molecule has 2 amide bonds. The monoisotopic (exact) mass is 329 g/mol. The second kappa shape index (κ2) is 7.47. The van der Waals surface area contributed by atoms with Crippen molar-refractivity contribution >= 4 is 22.9 Å². The number of piperazine rings is 1. The third-order valence-corrected chi connectivity index (χ3v) is 4.48. The van der Waals surface area contributed by atoms with Crippen molar-refractivity contribution in [1.29, 1.82) is 0 Å². The number of hydrogen-bond acceptors (Lipinski definition) is 4. The van der Waals surface area contributed by atoms with Gasteiger partial charge in [-0.1, -0.05) is 19.4 Å². The van der Waals surface area contributed by atoms with Crippen molar-refractivity contribution in [3.8, 4) is 0 Å². The van der Waals surface area contributed by atoms with E-state index in [1.165, 1.54) is 6.39 Å². The Morgan fingerprint density at radius 1 is 1.12 bits per heavy atom. The third kappa shape index (κ3) is 3.75. The van der Waals surface area contributed by atoms with Crippen LogP contribution >= 0.6 is 0 Å². The van der Waals surface area contributed by atoms with Crippen molar-refractivity contribution in [2.75, 3.05) is 26.2 Å². The quantitative estimate of drug-likeness (QED) is 0.844. The van der Waals surface area contributed by atoms with Gasteiger partial charge in [-0.15, -0.1) is 0 Å². The molecule has 1 fully saturated rings. The molecule has 1 aliphatic rings. The van der Waals surface area contributed by atoms with Crippen LogP contribution in [-0.4, -0.2) is 52.8 Å². The summed E-state index contributed by atoms with van der Waals surface area (Å²) in [4.78, 5) is 32.3. The molecule has 3 rings (SSSR count). The fourth-order valence-corrected chi connectivity index (χ4v) is 2.99. The summed E-state index contributed by atoms with van der Waals surface area (Å²) in [7, 11) is 0. The van der Waals surface area contributed by atoms with Crippen LogP contribution in [0.2, 0.25) is 0 Å². The Hall–Kier alpha value is -2.37. The maximum atomic E-state index is 12.5. The largest absolute Gasteiger partial charge is 0.443 e. The highest BCUT2D eigenvalue weighted by Crippen LogP contribution is 2.16. The number of nitrogens with zero attached hydrogens (tertiary/aromatic N) is 3. The number of unbranched alkanes of at least 4 members (excludes halogenated alkanes) is 1. The first-order chi connectivity index (χ1) is 11.7. The minimum atomic E-state index is 0.0922. The van der Waals surface area contributed by atoms with Crippen LogP contribution in [0.4, 0.5) is 0 Å². The van der Waals surface area contributed by atoms with Gasteiger partial charge in [-0.2, -0.15) is 0 Å². The van der Waals surface area contributed by atoms with E-state index in [0.717, 1.165) is 23.9 Å². The lowest BCUT2D eigenvalue weighted by Gasteiger charge is -2.35. The van der Waals surface area contributed by atoms with Gasteiger partial charge in [-0.05, 0) is 24.1 Å². The molecule has 0 aliphatic carbocycles. The average Bonchev–Trinajstić information content (AvgIpc) is 3.07. The molecule has 2 aromatic rings. The highest BCUT2D eigenvalue weighted by molar-refractivity contribution is 5.81. The molecule has 1 aliphatic heterocycles. The molecule has 0 N–H and O–H groups in total. The molecule has 128 valence electrons. The van der Waals surface area contributed by atoms with Gasteiger partial charge in [0.05, 0.1) is 6.42 Å². The summed E-state index contributed by atoms with van der Waals surface area (Å²) in [5, 5.41) is 0. The molecule has 6 heteroatoms. The number of hydrogen-bond donors (Lipinski definition) is 0. The van der Waals surface area contributed by atoms with Gasteiger partial charge < -0.3 is 14.2 Å². The molecule has 0 atom stereocenters. The summed E-state index contributed by atoms with van der Waals surface area (Å²) < 4.78 is 5.28. The Morgan fingerprint density at radius 2 is 1.83 bits per heavy atom. The lowest BCUT2D eigenvalue weighted by atomic mass is 10.1. The SMILES string of the molecule is CCCCC(=O)N1CCN(C(=O)Cc2ccc3ncoc3c2)CC1. The third-order valence-electron chi connectivity index (χ3n) is 4.48. The minimum absolute atomic E-state index is 0.0922. The highest BCUT2D eigenvalue weighted by Gasteiger charge is 2.23. The van der Waals surface area contributed by atoms with Crippen molar-refractivity contribution in [2.24, 2.45) is 0 Å². The zero-order valence-corrected chi connectivity index (χ0v) is 14.0. The molecule has 0 unspecified atom stereocenters. The zero-order chi connectivity index (χ0) is 16.9. The standard InChI is InChI=1S/C18H23N3O3/c1-2-3-4-17(22)20-7-9-21(10-8-20)18(23)12-14-5-6-15-16(11-14)24-13-19-15/h5-6,11,13H,2-4,7-10,12H2,1H3. The number of oxazole rings is 1. The molecule has 1 aromatic heterocycles. The summed E-state index contributed by atoms with van der Waals surface area (Å²) in [6.45, 7) is 4.58. The Bertz CT molecular complexity index is 717. The van der Waals surface area contributed by atoms with Gasteiger partial charge >= 0.3 is 0 Å². The summed E-state index contributed by atoms with van der Waals surface area (Å²) in [5.41, 5.74) is 2.42. The van der Waals surface area contributed by atoms with Gasteiger partial charge in [0.25, 0.3) is 0 Å². The van der Waals surface area contributed by atoms with Crippen LogP contribution in [-0.2, 0) is 16.0 Å². The minimum Gasteiger partial charge on any atom is -0.443 e. The van der Waals surface area contributed by atoms with E-state index in [-0.39, 0.29) is 11.8 Å². The number of carbonyl (C=O) groups excluding carboxylic acids is 2. The Morgan fingerprint density at radius 3 is 2.54 bits per heavy atom. The van der Waals surface area contributed by atoms with E-state index < -0.39 is 0 Å². The maximum Gasteiger partial charge on any atom is 0.227 e. The molecular formula is C18H23N3O3. The molecular weight excluding hydrogens is 306 g/mol. The first-order valence-corrected chi connectivity index (χ1v) is 8.55. The Balaban J connectivity index is 1.52. The smallest absolute Gasteiger partial charge is 0.227 e. The van der Waals surface area contributed by atoms with E-state index in [9.17, 15) is 9.59 Å². The maximum absolute atomic E-state index is 12.5. The van der Waals surface area contributed by atoms with Crippen LogP contribution < -0.4 is 0 Å². The summed E-state index contributed by atoms with van der Waals surface area (Å²) in [6.07, 6.45) is 4.33. The fourth-order valence-electron chi connectivity index (χ4n) is 2.99. The van der Waals surface area contributed by atoms with Crippen LogP contribution in [0.5, 0.6) is 0 Å². The van der Waals surface area contributed by atoms with Crippen molar-refractivity contribution in [3.05, 3.63) is 30.2 Å². The van der Waals surface area contributed by atoms with Crippen LogP contribution in [0.1, 0.15) is 31.7 Å². The number of amides is 2. The number of fused-ring (bicyclic) bond motifs is 1. The van der Waals surface area contributed by atoms with Gasteiger partial charge in [0.1, 0.15) is 5.52 Å². The van der Waals surface area contributed by atoms with E-state index in [2.05, 4.69) is 11.9 Å². The van der Waals surface area contributed by atoms with Gasteiger partial charge in [0, 0.05) is 32.6 Å². The van der Waals surface area contributed by atoms with E-state index in [4.69, 9.17) is 4.42 Å². The molecule has 6 nitrogen and oxygen atoms in total. The van der Waals surface area contributed by atoms with E-state index in [0.29, 0.717) is 44.6 Å². The van der Waals surface area contributed by atoms with Gasteiger partial charge in [-0.25, -0.2) is 4.98 Å². The second-order valence-electron chi connectivity index (χ2n) is 6.20. The molecule has 24 heavy (non-hydrogen) atoms. The van der Waals surface area contributed by atoms with Crippen LogP contribution in [0.15, 0.2) is 29.0 Å². The molecule has 0 radical (unpaired) electrons. The van der Waals surface area contributed by atoms with Crippen molar-refractivity contribution < 1.29 is 14.0 Å². The normalized spacial score (nSPS) is 15.0. The predicted octanol–water partition coefficient (Wildman–Crippen LogP) is 2.23. The van der Waals surface area contributed by atoms with Crippen molar-refractivity contribution in [1.82, 2.24) is 14.8 Å². The number of benzene rings is 1. The van der Waals surface area contributed by atoms with E-state index in [1.807, 2.05) is 28.0 Å². The molecule has 0 saturated carbocycles. The van der Waals surface area contributed by atoms with Crippen LogP contribution in [0.3, 0.4) is 0 Å². The number of aromatic nitrogens is 1. The Labute approximate surface area is 141 Å². The lowest BCUT2D eigenvalue weighted by Crippen LogP contribution is -2.50. The molecule has 1 aromatic carbocycles. The van der Waals surface area contributed by atoms with Crippen molar-refractivity contribution in [3.63, 3.8) is 0 Å². The zero-order valence-electron chi connectivity index (χ0n) is 14.0. The molecule has 0 bridgehead atoms. The van der Waals surface area contributed by atoms with E-state index in [1.54, 1.807) is 0 Å². The topological polar surface area (TPSA) is 66.7 Å². The molecule has 2 heterocycles. The summed E-state index contributed by atoms with van der Waals surface area (Å²) in [5.74, 6) is 0.300. The fraction of sp³-hybridized carbons (Fsp3) is 0.500. The lowest BCUT2D eigenvalue weighted by molar-refractivity contribution is -0.139. The predicted molar refractivity (Wildman–Crippen MR) is 90.4 cm³/mol. The molecule has 0 spiro atoms. The van der Waals surface area contributed by atoms with Gasteiger partial charge in [0.15, 0.2) is 12.0 Å². The second-order valence-corrected chi connectivity index (χ2v) is 6.20. The Kier molecular flexibility index (Phi) is 5.13. The highest BCUT2D eigenvalue weighted by atomic mass is 16.3. The first kappa shape index (κ1) is 16.5. The van der Waals surface area contributed by atoms with Gasteiger partial charge in [0.2, 0.25) is 11.8 Å². The molecule has 1 saturated heterocycles. The van der Waals surface area contributed by atoms with Crippen LogP contribution in [0.25, 0.3) is 11.1 Å². The van der Waals surface area contributed by atoms with E-state index >= 15 is 0 Å². The van der Waals surface area contributed by atoms with Gasteiger partial charge in [-0.3, -0.25) is 9.59 Å². The van der Waals surface area contributed by atoms with Crippen LogP contribution in [0, 0.1) is 0 Å². The van der Waals surface area contributed by atoms with Crippen molar-refractivity contribution in [2.45, 2.75) is 32.6 Å². The average molecular weight is 329 g/mol. The first-order valence-electron chi connectivity index (χ1n) is 8.55. The summed E-state index contributed by atoms with van der Waals surface area (Å²) >= 11 is 0. The summed E-state index contributed by atoms with van der Waals surface area (Å²) in [6, 6.07) is 5.64. The number of rotatable bonds is 5.